The lowest BCUT2D eigenvalue weighted by Crippen LogP contribution is -2.31. The molecule has 1 rings (SSSR count). The van der Waals surface area contributed by atoms with E-state index < -0.39 is 6.04 Å². The third-order valence-corrected chi connectivity index (χ3v) is 1.88. The van der Waals surface area contributed by atoms with E-state index in [0.29, 0.717) is 0 Å². The van der Waals surface area contributed by atoms with Crippen molar-refractivity contribution in [3.8, 4) is 0 Å². The third-order valence-electron chi connectivity index (χ3n) is 1.88. The zero-order valence-corrected chi connectivity index (χ0v) is 5.63. The second-order valence-electron chi connectivity index (χ2n) is 2.53. The average Bonchev–Trinajstić information content (AvgIpc) is 1.98. The molecule has 1 aliphatic heterocycles. The monoisotopic (exact) mass is 129 g/mol. The van der Waals surface area contributed by atoms with E-state index in [4.69, 9.17) is 10.5 Å². The number of carbonyl (C=O) groups is 1. The molecule has 3 atom stereocenters. The van der Waals surface area contributed by atoms with Gasteiger partial charge in [-0.15, -0.1) is 0 Å². The average molecular weight is 129 g/mol. The molecule has 1 aliphatic rings. The lowest BCUT2D eigenvalue weighted by Gasteiger charge is -2.06. The van der Waals surface area contributed by atoms with Crippen molar-refractivity contribution in [1.29, 1.82) is 0 Å². The highest BCUT2D eigenvalue weighted by Crippen LogP contribution is 2.19. The topological polar surface area (TPSA) is 52.3 Å². The Morgan fingerprint density at radius 3 is 2.22 bits per heavy atom. The Morgan fingerprint density at radius 2 is 2.11 bits per heavy atom. The van der Waals surface area contributed by atoms with Gasteiger partial charge in [0, 0.05) is 5.92 Å². The van der Waals surface area contributed by atoms with Gasteiger partial charge in [0.25, 0.3) is 0 Å². The molecule has 0 aromatic rings. The zero-order valence-electron chi connectivity index (χ0n) is 5.63. The van der Waals surface area contributed by atoms with Crippen LogP contribution >= 0.6 is 0 Å². The minimum absolute atomic E-state index is 0.00694. The first-order valence-corrected chi connectivity index (χ1v) is 3.09. The highest BCUT2D eigenvalue weighted by molar-refractivity contribution is 5.78. The van der Waals surface area contributed by atoms with Crippen molar-refractivity contribution < 1.29 is 9.53 Å². The molecule has 0 aliphatic carbocycles. The number of cyclic esters (lactones) is 1. The number of nitrogens with two attached hydrogens (primary N) is 1. The van der Waals surface area contributed by atoms with E-state index in [1.807, 2.05) is 13.8 Å². The Hall–Kier alpha value is -0.570. The molecular formula is C6H11NO2. The first-order valence-electron chi connectivity index (χ1n) is 3.09. The van der Waals surface area contributed by atoms with Crippen LogP contribution in [-0.4, -0.2) is 18.1 Å². The largest absolute Gasteiger partial charge is 0.461 e. The summed E-state index contributed by atoms with van der Waals surface area (Å²) < 4.78 is 4.82. The predicted molar refractivity (Wildman–Crippen MR) is 32.7 cm³/mol. The maximum atomic E-state index is 10.6. The van der Waals surface area contributed by atoms with Gasteiger partial charge in [0.2, 0.25) is 0 Å². The van der Waals surface area contributed by atoms with Gasteiger partial charge in [-0.3, -0.25) is 4.79 Å². The fraction of sp³-hybridized carbons (Fsp3) is 0.833. The molecular weight excluding hydrogens is 118 g/mol. The van der Waals surface area contributed by atoms with E-state index >= 15 is 0 Å². The number of ether oxygens (including phenoxy) is 1. The molecule has 3 nitrogen and oxygen atoms in total. The highest BCUT2D eigenvalue weighted by Gasteiger charge is 2.36. The fourth-order valence-corrected chi connectivity index (χ4v) is 0.876. The summed E-state index contributed by atoms with van der Waals surface area (Å²) in [7, 11) is 0. The van der Waals surface area contributed by atoms with Gasteiger partial charge in [-0.05, 0) is 6.92 Å². The van der Waals surface area contributed by atoms with Crippen LogP contribution < -0.4 is 5.73 Å². The summed E-state index contributed by atoms with van der Waals surface area (Å²) in [5.74, 6) is -0.104. The number of rotatable bonds is 0. The van der Waals surface area contributed by atoms with Crippen LogP contribution in [0.15, 0.2) is 0 Å². The summed E-state index contributed by atoms with van der Waals surface area (Å²) in [6.45, 7) is 3.77. The van der Waals surface area contributed by atoms with Crippen molar-refractivity contribution >= 4 is 5.97 Å². The molecule has 2 N–H and O–H groups in total. The fourth-order valence-electron chi connectivity index (χ4n) is 0.876. The van der Waals surface area contributed by atoms with Crippen LogP contribution in [0.4, 0.5) is 0 Å². The van der Waals surface area contributed by atoms with Crippen molar-refractivity contribution in [1.82, 2.24) is 0 Å². The Balaban J connectivity index is 2.65. The lowest BCUT2D eigenvalue weighted by atomic mass is 10.0. The van der Waals surface area contributed by atoms with Gasteiger partial charge in [-0.25, -0.2) is 0 Å². The predicted octanol–water partition coefficient (Wildman–Crippen LogP) is -0.105. The molecule has 0 unspecified atom stereocenters. The van der Waals surface area contributed by atoms with Crippen molar-refractivity contribution in [3.05, 3.63) is 0 Å². The van der Waals surface area contributed by atoms with Gasteiger partial charge >= 0.3 is 5.97 Å². The lowest BCUT2D eigenvalue weighted by molar-refractivity contribution is -0.141. The molecule has 1 fully saturated rings. The van der Waals surface area contributed by atoms with E-state index in [0.717, 1.165) is 0 Å². The molecule has 0 saturated carbocycles. The molecule has 1 saturated heterocycles. The highest BCUT2D eigenvalue weighted by atomic mass is 16.6. The number of hydrogen-bond donors (Lipinski definition) is 1. The standard InChI is InChI=1S/C6H11NO2/c1-3-4(2)9-6(8)5(3)7/h3-5H,7H2,1-2H3/t3-,4-,5-/m1/s1. The van der Waals surface area contributed by atoms with Crippen molar-refractivity contribution in [3.63, 3.8) is 0 Å². The van der Waals surface area contributed by atoms with E-state index in [9.17, 15) is 4.79 Å². The Kier molecular flexibility index (Phi) is 1.45. The summed E-state index contributed by atoms with van der Waals surface area (Å²) in [6.07, 6.45) is -0.00694. The van der Waals surface area contributed by atoms with E-state index in [-0.39, 0.29) is 18.0 Å². The minimum Gasteiger partial charge on any atom is -0.461 e. The molecule has 3 heteroatoms. The summed E-state index contributed by atoms with van der Waals surface area (Å²) in [6, 6.07) is -0.403. The Morgan fingerprint density at radius 1 is 1.56 bits per heavy atom. The molecule has 0 spiro atoms. The van der Waals surface area contributed by atoms with Crippen LogP contribution in [0.5, 0.6) is 0 Å². The van der Waals surface area contributed by atoms with E-state index in [2.05, 4.69) is 0 Å². The van der Waals surface area contributed by atoms with Gasteiger partial charge in [0.15, 0.2) is 0 Å². The minimum atomic E-state index is -0.403. The van der Waals surface area contributed by atoms with Crippen LogP contribution in [0.25, 0.3) is 0 Å². The summed E-state index contributed by atoms with van der Waals surface area (Å²) in [5, 5.41) is 0. The SMILES string of the molecule is C[C@@H]1[C@@H](C)OC(=O)[C@@H]1N. The summed E-state index contributed by atoms with van der Waals surface area (Å²) >= 11 is 0. The van der Waals surface area contributed by atoms with Crippen LogP contribution in [0.2, 0.25) is 0 Å². The third kappa shape index (κ3) is 0.920. The molecule has 0 aromatic heterocycles. The smallest absolute Gasteiger partial charge is 0.323 e. The van der Waals surface area contributed by atoms with E-state index in [1.165, 1.54) is 0 Å². The number of carbonyl (C=O) groups excluding carboxylic acids is 1. The normalized spacial score (nSPS) is 43.0. The van der Waals surface area contributed by atoms with Crippen LogP contribution in [0.3, 0.4) is 0 Å². The second kappa shape index (κ2) is 1.99. The van der Waals surface area contributed by atoms with Crippen LogP contribution in [0, 0.1) is 5.92 Å². The van der Waals surface area contributed by atoms with Gasteiger partial charge in [-0.1, -0.05) is 6.92 Å². The molecule has 9 heavy (non-hydrogen) atoms. The molecule has 0 bridgehead atoms. The van der Waals surface area contributed by atoms with Crippen LogP contribution in [-0.2, 0) is 9.53 Å². The molecule has 0 amide bonds. The zero-order chi connectivity index (χ0) is 7.02. The summed E-state index contributed by atoms with van der Waals surface area (Å²) in [5.41, 5.74) is 5.44. The quantitative estimate of drug-likeness (QED) is 0.464. The summed E-state index contributed by atoms with van der Waals surface area (Å²) in [4.78, 5) is 10.6. The van der Waals surface area contributed by atoms with Gasteiger partial charge in [-0.2, -0.15) is 0 Å². The number of hydrogen-bond acceptors (Lipinski definition) is 3. The van der Waals surface area contributed by atoms with Crippen molar-refractivity contribution in [2.24, 2.45) is 11.7 Å². The molecule has 52 valence electrons. The first-order chi connectivity index (χ1) is 4.13. The van der Waals surface area contributed by atoms with Gasteiger partial charge < -0.3 is 10.5 Å². The molecule has 0 radical (unpaired) electrons. The Bertz CT molecular complexity index is 135. The van der Waals surface area contributed by atoms with Crippen LogP contribution in [0.1, 0.15) is 13.8 Å². The van der Waals surface area contributed by atoms with E-state index in [1.54, 1.807) is 0 Å². The maximum Gasteiger partial charge on any atom is 0.323 e. The molecule has 1 heterocycles. The first kappa shape index (κ1) is 6.55. The maximum absolute atomic E-state index is 10.6. The van der Waals surface area contributed by atoms with Gasteiger partial charge in [0.1, 0.15) is 12.1 Å². The molecule has 0 aromatic carbocycles. The Labute approximate surface area is 54.2 Å². The number of esters is 1. The van der Waals surface area contributed by atoms with Gasteiger partial charge in [0.05, 0.1) is 0 Å². The van der Waals surface area contributed by atoms with Crippen molar-refractivity contribution in [2.75, 3.05) is 0 Å². The second-order valence-corrected chi connectivity index (χ2v) is 2.53. The van der Waals surface area contributed by atoms with Crippen molar-refractivity contribution in [2.45, 2.75) is 26.0 Å².